The van der Waals surface area contributed by atoms with Gasteiger partial charge in [0.05, 0.1) is 7.11 Å². The van der Waals surface area contributed by atoms with Gasteiger partial charge in [0, 0.05) is 9.61 Å². The number of methoxy groups -OCH3 is 1. The molecule has 0 saturated carbocycles. The molecule has 0 amide bonds. The highest BCUT2D eigenvalue weighted by molar-refractivity contribution is 14.1. The van der Waals surface area contributed by atoms with Crippen molar-refractivity contribution >= 4 is 22.6 Å². The normalized spacial score (nSPS) is 12.2. The maximum atomic E-state index is 14.0. The van der Waals surface area contributed by atoms with Crippen LogP contribution in [-0.4, -0.2) is 7.11 Å². The summed E-state index contributed by atoms with van der Waals surface area (Å²) >= 11 is 2.24. The topological polar surface area (TPSA) is 35.2 Å². The van der Waals surface area contributed by atoms with Gasteiger partial charge in [0.25, 0.3) is 0 Å². The molecular weight excluding hydrogens is 356 g/mol. The number of rotatable bonds is 4. The highest BCUT2D eigenvalue weighted by atomic mass is 127. The van der Waals surface area contributed by atoms with Crippen LogP contribution in [0.2, 0.25) is 0 Å². The van der Waals surface area contributed by atoms with Gasteiger partial charge < -0.3 is 10.5 Å². The van der Waals surface area contributed by atoms with E-state index in [4.69, 9.17) is 10.5 Å². The molecule has 0 aliphatic carbocycles. The molecule has 0 aliphatic heterocycles. The third kappa shape index (κ3) is 3.45. The van der Waals surface area contributed by atoms with Crippen LogP contribution in [-0.2, 0) is 6.42 Å². The van der Waals surface area contributed by atoms with Crippen LogP contribution in [0.25, 0.3) is 0 Å². The van der Waals surface area contributed by atoms with Crippen LogP contribution in [0.4, 0.5) is 4.39 Å². The van der Waals surface area contributed by atoms with E-state index in [2.05, 4.69) is 22.6 Å². The zero-order chi connectivity index (χ0) is 13.8. The van der Waals surface area contributed by atoms with Crippen molar-refractivity contribution in [2.24, 2.45) is 5.73 Å². The second-order valence-electron chi connectivity index (χ2n) is 4.30. The molecule has 4 heteroatoms. The Hall–Kier alpha value is -1.14. The lowest BCUT2D eigenvalue weighted by Gasteiger charge is -2.14. The van der Waals surface area contributed by atoms with Crippen molar-refractivity contribution in [3.63, 3.8) is 0 Å². The Labute approximate surface area is 125 Å². The lowest BCUT2D eigenvalue weighted by atomic mass is 9.99. The summed E-state index contributed by atoms with van der Waals surface area (Å²) < 4.78 is 20.1. The summed E-state index contributed by atoms with van der Waals surface area (Å²) in [5.74, 6) is -0.0709. The van der Waals surface area contributed by atoms with Crippen LogP contribution in [0, 0.1) is 9.39 Å². The standard InChI is InChI=1S/C15H15FINO/c1-19-14-7-3-5-11(15(14)16)9-13(18)10-4-2-6-12(17)8-10/h2-8,13H,9,18H2,1H3. The van der Waals surface area contributed by atoms with Gasteiger partial charge in [-0.05, 0) is 58.3 Å². The highest BCUT2D eigenvalue weighted by Gasteiger charge is 2.13. The Morgan fingerprint density at radius 2 is 2.00 bits per heavy atom. The van der Waals surface area contributed by atoms with E-state index in [1.807, 2.05) is 24.3 Å². The van der Waals surface area contributed by atoms with Crippen molar-refractivity contribution in [2.75, 3.05) is 7.11 Å². The predicted molar refractivity (Wildman–Crippen MR) is 82.7 cm³/mol. The van der Waals surface area contributed by atoms with Gasteiger partial charge in [-0.3, -0.25) is 0 Å². The lowest BCUT2D eigenvalue weighted by Crippen LogP contribution is -2.14. The summed E-state index contributed by atoms with van der Waals surface area (Å²) in [6, 6.07) is 12.8. The molecule has 0 radical (unpaired) electrons. The van der Waals surface area contributed by atoms with E-state index in [9.17, 15) is 4.39 Å². The van der Waals surface area contributed by atoms with Crippen molar-refractivity contribution < 1.29 is 9.13 Å². The summed E-state index contributed by atoms with van der Waals surface area (Å²) in [7, 11) is 1.46. The van der Waals surface area contributed by atoms with E-state index in [0.29, 0.717) is 12.0 Å². The summed E-state index contributed by atoms with van der Waals surface area (Å²) in [4.78, 5) is 0. The molecule has 0 fully saturated rings. The van der Waals surface area contributed by atoms with Gasteiger partial charge in [0.2, 0.25) is 0 Å². The third-order valence-electron chi connectivity index (χ3n) is 2.98. The molecule has 2 N–H and O–H groups in total. The number of benzene rings is 2. The maximum absolute atomic E-state index is 14.0. The Balaban J connectivity index is 2.21. The van der Waals surface area contributed by atoms with Crippen LogP contribution in [0.1, 0.15) is 17.2 Å². The van der Waals surface area contributed by atoms with E-state index >= 15 is 0 Å². The molecule has 2 aromatic rings. The number of hydrogen-bond donors (Lipinski definition) is 1. The first kappa shape index (κ1) is 14.3. The summed E-state index contributed by atoms with van der Waals surface area (Å²) in [5.41, 5.74) is 7.73. The van der Waals surface area contributed by atoms with Gasteiger partial charge in [0.15, 0.2) is 11.6 Å². The first-order valence-electron chi connectivity index (χ1n) is 5.94. The quantitative estimate of drug-likeness (QED) is 0.833. The van der Waals surface area contributed by atoms with Crippen LogP contribution >= 0.6 is 22.6 Å². The van der Waals surface area contributed by atoms with E-state index in [-0.39, 0.29) is 17.6 Å². The van der Waals surface area contributed by atoms with E-state index in [1.54, 1.807) is 18.2 Å². The molecule has 100 valence electrons. The van der Waals surface area contributed by atoms with Crippen LogP contribution in [0.3, 0.4) is 0 Å². The largest absolute Gasteiger partial charge is 0.494 e. The molecule has 0 heterocycles. The Kier molecular flexibility index (Phi) is 4.76. The zero-order valence-corrected chi connectivity index (χ0v) is 12.7. The fraction of sp³-hybridized carbons (Fsp3) is 0.200. The number of ether oxygens (including phenoxy) is 1. The average molecular weight is 371 g/mol. The number of nitrogens with two attached hydrogens (primary N) is 1. The molecule has 0 aromatic heterocycles. The Morgan fingerprint density at radius 3 is 2.68 bits per heavy atom. The second-order valence-corrected chi connectivity index (χ2v) is 5.54. The summed E-state index contributed by atoms with van der Waals surface area (Å²) in [5, 5.41) is 0. The van der Waals surface area contributed by atoms with Gasteiger partial charge in [-0.15, -0.1) is 0 Å². The van der Waals surface area contributed by atoms with Crippen molar-refractivity contribution in [2.45, 2.75) is 12.5 Å². The third-order valence-corrected chi connectivity index (χ3v) is 3.65. The van der Waals surface area contributed by atoms with Crippen molar-refractivity contribution in [1.29, 1.82) is 0 Å². The molecule has 1 atom stereocenters. The van der Waals surface area contributed by atoms with Gasteiger partial charge in [-0.1, -0.05) is 24.3 Å². The van der Waals surface area contributed by atoms with Crippen LogP contribution in [0.15, 0.2) is 42.5 Å². The zero-order valence-electron chi connectivity index (χ0n) is 10.6. The number of hydrogen-bond acceptors (Lipinski definition) is 2. The monoisotopic (exact) mass is 371 g/mol. The van der Waals surface area contributed by atoms with Gasteiger partial charge in [0.1, 0.15) is 0 Å². The van der Waals surface area contributed by atoms with Crippen molar-refractivity contribution in [3.8, 4) is 5.75 Å². The fourth-order valence-electron chi connectivity index (χ4n) is 1.96. The Bertz CT molecular complexity index is 574. The number of halogens is 2. The average Bonchev–Trinajstić information content (AvgIpc) is 2.41. The molecule has 2 rings (SSSR count). The minimum atomic E-state index is -0.328. The first-order valence-corrected chi connectivity index (χ1v) is 7.02. The predicted octanol–water partition coefficient (Wildman–Crippen LogP) is 3.68. The molecular formula is C15H15FINO. The molecule has 0 saturated heterocycles. The second kappa shape index (κ2) is 6.34. The van der Waals surface area contributed by atoms with E-state index in [1.165, 1.54) is 7.11 Å². The molecule has 0 spiro atoms. The lowest BCUT2D eigenvalue weighted by molar-refractivity contribution is 0.383. The highest BCUT2D eigenvalue weighted by Crippen LogP contribution is 2.24. The minimum Gasteiger partial charge on any atom is -0.494 e. The van der Waals surface area contributed by atoms with Gasteiger partial charge in [-0.25, -0.2) is 4.39 Å². The smallest absolute Gasteiger partial charge is 0.168 e. The molecule has 2 aromatic carbocycles. The van der Waals surface area contributed by atoms with Crippen molar-refractivity contribution in [1.82, 2.24) is 0 Å². The fourth-order valence-corrected chi connectivity index (χ4v) is 2.53. The Morgan fingerprint density at radius 1 is 1.26 bits per heavy atom. The van der Waals surface area contributed by atoms with E-state index < -0.39 is 0 Å². The van der Waals surface area contributed by atoms with Crippen LogP contribution in [0.5, 0.6) is 5.75 Å². The van der Waals surface area contributed by atoms with Crippen LogP contribution < -0.4 is 10.5 Å². The summed E-state index contributed by atoms with van der Waals surface area (Å²) in [6.07, 6.45) is 0.448. The molecule has 0 bridgehead atoms. The van der Waals surface area contributed by atoms with Crippen molar-refractivity contribution in [3.05, 3.63) is 63.0 Å². The molecule has 19 heavy (non-hydrogen) atoms. The van der Waals surface area contributed by atoms with E-state index in [0.717, 1.165) is 9.13 Å². The SMILES string of the molecule is COc1cccc(CC(N)c2cccc(I)c2)c1F. The first-order chi connectivity index (χ1) is 9.11. The summed E-state index contributed by atoms with van der Waals surface area (Å²) in [6.45, 7) is 0. The van der Waals surface area contributed by atoms with Gasteiger partial charge >= 0.3 is 0 Å². The molecule has 1 unspecified atom stereocenters. The molecule has 0 aliphatic rings. The molecule has 2 nitrogen and oxygen atoms in total. The minimum absolute atomic E-state index is 0.226. The maximum Gasteiger partial charge on any atom is 0.168 e. The van der Waals surface area contributed by atoms with Gasteiger partial charge in [-0.2, -0.15) is 0 Å².